The maximum absolute atomic E-state index is 12.9. The largest absolute Gasteiger partial charge is 0.475 e. The molecular formula is C18H28N3O9P. The maximum atomic E-state index is 12.9. The van der Waals surface area contributed by atoms with Crippen molar-refractivity contribution < 1.29 is 32.4 Å². The van der Waals surface area contributed by atoms with Crippen LogP contribution in [0, 0.1) is 0 Å². The zero-order chi connectivity index (χ0) is 22.8. The van der Waals surface area contributed by atoms with Crippen LogP contribution in [-0.4, -0.2) is 52.6 Å². The summed E-state index contributed by atoms with van der Waals surface area (Å²) >= 11 is 0. The zero-order valence-electron chi connectivity index (χ0n) is 17.6. The van der Waals surface area contributed by atoms with Gasteiger partial charge in [-0.2, -0.15) is 0 Å². The highest BCUT2D eigenvalue weighted by atomic mass is 31.2. The van der Waals surface area contributed by atoms with Crippen LogP contribution in [0.5, 0.6) is 0 Å². The van der Waals surface area contributed by atoms with E-state index in [9.17, 15) is 18.9 Å². The lowest BCUT2D eigenvalue weighted by atomic mass is 9.93. The van der Waals surface area contributed by atoms with Crippen LogP contribution in [0.4, 0.5) is 0 Å². The van der Waals surface area contributed by atoms with Gasteiger partial charge in [-0.3, -0.25) is 32.7 Å². The van der Waals surface area contributed by atoms with Gasteiger partial charge in [0.15, 0.2) is 6.23 Å². The molecule has 2 aliphatic heterocycles. The van der Waals surface area contributed by atoms with Crippen LogP contribution < -0.4 is 17.0 Å². The van der Waals surface area contributed by atoms with E-state index >= 15 is 0 Å². The predicted molar refractivity (Wildman–Crippen MR) is 107 cm³/mol. The molecular weight excluding hydrogens is 433 g/mol. The number of nitrogens with zero attached hydrogens (tertiary/aromatic N) is 1. The molecule has 0 radical (unpaired) electrons. The molecule has 0 aliphatic carbocycles. The van der Waals surface area contributed by atoms with Gasteiger partial charge >= 0.3 is 19.5 Å². The van der Waals surface area contributed by atoms with Gasteiger partial charge in [-0.05, 0) is 33.6 Å². The Morgan fingerprint density at radius 1 is 1.42 bits per heavy atom. The molecule has 1 aromatic rings. The van der Waals surface area contributed by atoms with Crippen molar-refractivity contribution in [3.63, 3.8) is 0 Å². The number of H-pyrrole nitrogens is 1. The summed E-state index contributed by atoms with van der Waals surface area (Å²) in [6.07, 6.45) is -0.276. The Morgan fingerprint density at radius 3 is 2.84 bits per heavy atom. The third-order valence-electron chi connectivity index (χ3n) is 4.92. The maximum Gasteiger partial charge on any atom is 0.475 e. The molecule has 2 aliphatic rings. The third-order valence-corrected chi connectivity index (χ3v) is 6.37. The van der Waals surface area contributed by atoms with Crippen molar-refractivity contribution in [2.45, 2.75) is 70.1 Å². The molecule has 0 aromatic carbocycles. The average Bonchev–Trinajstić information content (AvgIpc) is 2.91. The van der Waals surface area contributed by atoms with Crippen molar-refractivity contribution >= 4 is 13.8 Å². The first-order chi connectivity index (χ1) is 14.5. The van der Waals surface area contributed by atoms with Gasteiger partial charge in [-0.1, -0.05) is 0 Å². The molecule has 0 spiro atoms. The van der Waals surface area contributed by atoms with Gasteiger partial charge in [0.25, 0.3) is 5.56 Å². The number of hydrogen-bond donors (Lipinski definition) is 2. The van der Waals surface area contributed by atoms with Crippen molar-refractivity contribution in [3.05, 3.63) is 33.1 Å². The molecule has 2 fully saturated rings. The summed E-state index contributed by atoms with van der Waals surface area (Å²) in [7, 11) is -3.91. The predicted octanol–water partition coefficient (Wildman–Crippen LogP) is 0.813. The standard InChI is InChI=1S/C18H28N3O9P/c1-11(2)28-14(23)6-4-5-9-26-31(25)27-10-12-15(30-31)18(3,19)16(29-12)21-8-7-13(22)20-17(21)24/h7-8,11-12,15-16H,4-6,9-10,19H2,1-3H3,(H,20,22,24)/t12-,15-,16-,18-,31-/m1/s1. The van der Waals surface area contributed by atoms with Gasteiger partial charge in [0.1, 0.15) is 12.2 Å². The summed E-state index contributed by atoms with van der Waals surface area (Å²) in [5.41, 5.74) is 3.89. The normalized spacial score (nSPS) is 32.7. The van der Waals surface area contributed by atoms with Crippen molar-refractivity contribution in [1.29, 1.82) is 0 Å². The molecule has 0 saturated carbocycles. The van der Waals surface area contributed by atoms with Crippen molar-refractivity contribution in [2.75, 3.05) is 13.2 Å². The number of nitrogens with one attached hydrogen (secondary N) is 1. The lowest BCUT2D eigenvalue weighted by molar-refractivity contribution is -0.147. The van der Waals surface area contributed by atoms with E-state index in [-0.39, 0.29) is 31.7 Å². The van der Waals surface area contributed by atoms with E-state index in [0.717, 1.165) is 4.57 Å². The quantitative estimate of drug-likeness (QED) is 0.322. The van der Waals surface area contributed by atoms with Gasteiger partial charge in [-0.25, -0.2) is 9.36 Å². The Morgan fingerprint density at radius 2 is 2.16 bits per heavy atom. The van der Waals surface area contributed by atoms with Crippen LogP contribution in [0.25, 0.3) is 0 Å². The number of aromatic nitrogens is 2. The van der Waals surface area contributed by atoms with Crippen molar-refractivity contribution in [2.24, 2.45) is 5.73 Å². The minimum Gasteiger partial charge on any atom is -0.463 e. The van der Waals surface area contributed by atoms with Gasteiger partial charge in [0.2, 0.25) is 0 Å². The van der Waals surface area contributed by atoms with Gasteiger partial charge in [-0.15, -0.1) is 0 Å². The first kappa shape index (κ1) is 23.8. The minimum absolute atomic E-state index is 0.0502. The molecule has 3 rings (SSSR count). The number of aromatic amines is 1. The van der Waals surface area contributed by atoms with Crippen LogP contribution in [0.3, 0.4) is 0 Å². The van der Waals surface area contributed by atoms with E-state index < -0.39 is 43.0 Å². The van der Waals surface area contributed by atoms with Crippen LogP contribution >= 0.6 is 7.82 Å². The molecule has 31 heavy (non-hydrogen) atoms. The number of rotatable bonds is 8. The first-order valence-corrected chi connectivity index (χ1v) is 11.5. The monoisotopic (exact) mass is 461 g/mol. The van der Waals surface area contributed by atoms with Crippen LogP contribution in [0.1, 0.15) is 46.3 Å². The number of esters is 1. The van der Waals surface area contributed by atoms with Crippen molar-refractivity contribution in [1.82, 2.24) is 9.55 Å². The summed E-state index contributed by atoms with van der Waals surface area (Å²) in [5.74, 6) is -0.305. The van der Waals surface area contributed by atoms with E-state index in [1.165, 1.54) is 12.3 Å². The number of carbonyl (C=O) groups is 1. The zero-order valence-corrected chi connectivity index (χ0v) is 18.5. The van der Waals surface area contributed by atoms with Crippen LogP contribution in [-0.2, 0) is 32.4 Å². The number of nitrogens with two attached hydrogens (primary N) is 1. The van der Waals surface area contributed by atoms with E-state index in [4.69, 9.17) is 28.8 Å². The fourth-order valence-corrected chi connectivity index (χ4v) is 5.00. The minimum atomic E-state index is -3.91. The highest BCUT2D eigenvalue weighted by Crippen LogP contribution is 2.58. The van der Waals surface area contributed by atoms with Crippen LogP contribution in [0.2, 0.25) is 0 Å². The van der Waals surface area contributed by atoms with E-state index in [1.807, 2.05) is 0 Å². The van der Waals surface area contributed by atoms with Crippen LogP contribution in [0.15, 0.2) is 21.9 Å². The number of fused-ring (bicyclic) bond motifs is 1. The van der Waals surface area contributed by atoms with Crippen molar-refractivity contribution in [3.8, 4) is 0 Å². The van der Waals surface area contributed by atoms with Gasteiger partial charge < -0.3 is 15.2 Å². The summed E-state index contributed by atoms with van der Waals surface area (Å²) in [6.45, 7) is 5.08. The summed E-state index contributed by atoms with van der Waals surface area (Å²) in [5, 5.41) is 0. The number of ether oxygens (including phenoxy) is 2. The highest BCUT2D eigenvalue weighted by molar-refractivity contribution is 7.48. The Bertz CT molecular complexity index is 957. The topological polar surface area (TPSA) is 161 Å². The number of unbranched alkanes of at least 4 members (excludes halogenated alkanes) is 1. The lowest BCUT2D eigenvalue weighted by Crippen LogP contribution is -2.55. The Hall–Kier alpha value is -1.82. The lowest BCUT2D eigenvalue weighted by Gasteiger charge is -2.35. The summed E-state index contributed by atoms with van der Waals surface area (Å²) < 4.78 is 41.1. The molecule has 0 amide bonds. The summed E-state index contributed by atoms with van der Waals surface area (Å²) in [6, 6.07) is 1.17. The fraction of sp³-hybridized carbons (Fsp3) is 0.722. The van der Waals surface area contributed by atoms with Gasteiger partial charge in [0.05, 0.1) is 24.9 Å². The number of phosphoric ester groups is 1. The number of phosphoric acid groups is 1. The van der Waals surface area contributed by atoms with E-state index in [1.54, 1.807) is 20.8 Å². The SMILES string of the molecule is CC(C)OC(=O)CCCCO[P@]1(=O)OC[C@H]2O[C@@H](n3ccc(=O)[nH]c3=O)[C@](C)(N)[C@@H]2O1. The average molecular weight is 461 g/mol. The second-order valence-electron chi connectivity index (χ2n) is 8.01. The second kappa shape index (κ2) is 9.35. The summed E-state index contributed by atoms with van der Waals surface area (Å²) in [4.78, 5) is 37.1. The van der Waals surface area contributed by atoms with E-state index in [0.29, 0.717) is 12.8 Å². The second-order valence-corrected chi connectivity index (χ2v) is 9.63. The molecule has 12 nitrogen and oxygen atoms in total. The molecule has 13 heteroatoms. The third kappa shape index (κ3) is 5.51. The number of hydrogen-bond acceptors (Lipinski definition) is 10. The molecule has 0 bridgehead atoms. The molecule has 2 saturated heterocycles. The Kier molecular flexibility index (Phi) is 7.19. The molecule has 0 unspecified atom stereocenters. The van der Waals surface area contributed by atoms with E-state index in [2.05, 4.69) is 4.98 Å². The highest BCUT2D eigenvalue weighted by Gasteiger charge is 2.59. The molecule has 3 heterocycles. The Balaban J connectivity index is 1.58. The Labute approximate surface area is 178 Å². The molecule has 1 aromatic heterocycles. The van der Waals surface area contributed by atoms with Gasteiger partial charge in [0, 0.05) is 18.7 Å². The fourth-order valence-electron chi connectivity index (χ4n) is 3.48. The molecule has 3 N–H and O–H groups in total. The first-order valence-electron chi connectivity index (χ1n) is 10.0. The molecule has 5 atom stereocenters. The molecule has 174 valence electrons. The smallest absolute Gasteiger partial charge is 0.463 e. The number of carbonyl (C=O) groups excluding carboxylic acids is 1.